The van der Waals surface area contributed by atoms with Crippen molar-refractivity contribution in [2.75, 3.05) is 44.2 Å². The highest BCUT2D eigenvalue weighted by Crippen LogP contribution is 2.17. The van der Waals surface area contributed by atoms with Crippen LogP contribution in [0.25, 0.3) is 0 Å². The van der Waals surface area contributed by atoms with Gasteiger partial charge in [0.15, 0.2) is 5.96 Å². The number of anilines is 1. The zero-order chi connectivity index (χ0) is 20.6. The Balaban J connectivity index is 1.61. The van der Waals surface area contributed by atoms with Crippen LogP contribution in [0.15, 0.2) is 23.3 Å². The summed E-state index contributed by atoms with van der Waals surface area (Å²) in [5.41, 5.74) is 2.27. The molecule has 1 saturated heterocycles. The molecule has 0 saturated carbocycles. The lowest BCUT2D eigenvalue weighted by atomic mass is 10.2. The summed E-state index contributed by atoms with van der Waals surface area (Å²) in [7, 11) is 0. The topological polar surface area (TPSA) is 68.7 Å². The van der Waals surface area contributed by atoms with Crippen molar-refractivity contribution >= 4 is 23.1 Å². The molecule has 1 aliphatic heterocycles. The largest absolute Gasteiger partial charge is 0.357 e. The van der Waals surface area contributed by atoms with E-state index in [-0.39, 0.29) is 0 Å². The zero-order valence-corrected chi connectivity index (χ0v) is 18.8. The average Bonchev–Trinajstić information content (AvgIpc) is 3.07. The second-order valence-corrected chi connectivity index (χ2v) is 8.52. The Bertz CT molecular complexity index is 809. The van der Waals surface area contributed by atoms with E-state index in [1.807, 2.05) is 13.1 Å². The second-order valence-electron chi connectivity index (χ2n) is 7.23. The first kappa shape index (κ1) is 21.5. The number of likely N-dealkylation sites (N-methyl/N-ethyl adjacent to an activating group) is 1. The quantitative estimate of drug-likeness (QED) is 0.535. The normalized spacial score (nSPS) is 15.6. The highest BCUT2D eigenvalue weighted by atomic mass is 32.1. The number of aryl methyl sites for hydroxylation is 2. The van der Waals surface area contributed by atoms with Crippen LogP contribution in [-0.4, -0.2) is 60.1 Å². The van der Waals surface area contributed by atoms with E-state index in [0.29, 0.717) is 6.54 Å². The first-order valence-corrected chi connectivity index (χ1v) is 11.3. The number of rotatable bonds is 7. The minimum absolute atomic E-state index is 0.625. The van der Waals surface area contributed by atoms with Crippen LogP contribution in [0.1, 0.15) is 35.0 Å². The molecular weight excluding hydrogens is 382 g/mol. The van der Waals surface area contributed by atoms with Crippen molar-refractivity contribution in [3.05, 3.63) is 39.5 Å². The molecule has 0 amide bonds. The Labute approximate surface area is 178 Å². The van der Waals surface area contributed by atoms with Crippen molar-refractivity contribution in [1.82, 2.24) is 25.5 Å². The second kappa shape index (κ2) is 10.5. The maximum atomic E-state index is 4.77. The van der Waals surface area contributed by atoms with Crippen molar-refractivity contribution in [3.8, 4) is 0 Å². The zero-order valence-electron chi connectivity index (χ0n) is 18.0. The van der Waals surface area contributed by atoms with Crippen molar-refractivity contribution in [3.63, 3.8) is 0 Å². The summed E-state index contributed by atoms with van der Waals surface area (Å²) in [6, 6.07) is 4.22. The van der Waals surface area contributed by atoms with Gasteiger partial charge in [-0.15, -0.1) is 11.3 Å². The number of nitrogens with zero attached hydrogens (tertiary/aromatic N) is 5. The Morgan fingerprint density at radius 3 is 2.62 bits per heavy atom. The van der Waals surface area contributed by atoms with Crippen LogP contribution in [0.5, 0.6) is 0 Å². The molecule has 8 heteroatoms. The van der Waals surface area contributed by atoms with Crippen molar-refractivity contribution in [2.45, 2.75) is 40.8 Å². The van der Waals surface area contributed by atoms with Gasteiger partial charge in [0.1, 0.15) is 5.82 Å². The summed E-state index contributed by atoms with van der Waals surface area (Å²) in [4.78, 5) is 20.0. The van der Waals surface area contributed by atoms with Gasteiger partial charge in [-0.25, -0.2) is 15.0 Å². The molecule has 0 aliphatic carbocycles. The van der Waals surface area contributed by atoms with Crippen molar-refractivity contribution in [1.29, 1.82) is 0 Å². The molecule has 158 valence electrons. The van der Waals surface area contributed by atoms with Crippen LogP contribution in [0.2, 0.25) is 0 Å². The molecule has 0 bridgehead atoms. The summed E-state index contributed by atoms with van der Waals surface area (Å²) >= 11 is 1.73. The van der Waals surface area contributed by atoms with E-state index >= 15 is 0 Å². The fourth-order valence-electron chi connectivity index (χ4n) is 3.44. The van der Waals surface area contributed by atoms with E-state index in [4.69, 9.17) is 4.99 Å². The van der Waals surface area contributed by atoms with Crippen LogP contribution >= 0.6 is 11.3 Å². The van der Waals surface area contributed by atoms with Crippen LogP contribution in [0, 0.1) is 13.8 Å². The molecule has 0 aromatic carbocycles. The molecule has 0 atom stereocenters. The first-order valence-electron chi connectivity index (χ1n) is 10.5. The van der Waals surface area contributed by atoms with Crippen molar-refractivity contribution in [2.24, 2.45) is 4.99 Å². The highest BCUT2D eigenvalue weighted by molar-refractivity contribution is 7.11. The lowest BCUT2D eigenvalue weighted by Gasteiger charge is -2.34. The van der Waals surface area contributed by atoms with Crippen molar-refractivity contribution < 1.29 is 0 Å². The number of pyridine rings is 1. The van der Waals surface area contributed by atoms with E-state index in [1.165, 1.54) is 10.4 Å². The van der Waals surface area contributed by atoms with Gasteiger partial charge < -0.3 is 20.4 Å². The molecule has 0 spiro atoms. The Kier molecular flexibility index (Phi) is 7.83. The molecule has 3 heterocycles. The molecule has 29 heavy (non-hydrogen) atoms. The lowest BCUT2D eigenvalue weighted by Crippen LogP contribution is -2.46. The van der Waals surface area contributed by atoms with E-state index in [0.717, 1.165) is 68.3 Å². The summed E-state index contributed by atoms with van der Waals surface area (Å²) in [6.07, 6.45) is 1.90. The Morgan fingerprint density at radius 1 is 1.17 bits per heavy atom. The molecule has 3 rings (SSSR count). The molecular formula is C21H33N7S. The van der Waals surface area contributed by atoms with Gasteiger partial charge in [0.2, 0.25) is 0 Å². The number of aliphatic imine (C=N–C) groups is 1. The minimum atomic E-state index is 0.625. The number of nitrogens with one attached hydrogen (secondary N) is 2. The number of piperazine rings is 1. The predicted molar refractivity (Wildman–Crippen MR) is 122 cm³/mol. The molecule has 0 unspecified atom stereocenters. The van der Waals surface area contributed by atoms with Gasteiger partial charge >= 0.3 is 0 Å². The number of guanidine groups is 1. The maximum Gasteiger partial charge on any atom is 0.191 e. The van der Waals surface area contributed by atoms with E-state index < -0.39 is 0 Å². The first-order chi connectivity index (χ1) is 14.1. The van der Waals surface area contributed by atoms with Gasteiger partial charge in [0.25, 0.3) is 0 Å². The van der Waals surface area contributed by atoms with E-state index in [9.17, 15) is 0 Å². The summed E-state index contributed by atoms with van der Waals surface area (Å²) in [6.45, 7) is 16.0. The van der Waals surface area contributed by atoms with Gasteiger partial charge in [-0.05, 0) is 45.0 Å². The number of thiazole rings is 1. The molecule has 1 fully saturated rings. The molecule has 2 N–H and O–H groups in total. The van der Waals surface area contributed by atoms with Crippen LogP contribution in [0.3, 0.4) is 0 Å². The molecule has 1 aliphatic rings. The minimum Gasteiger partial charge on any atom is -0.357 e. The summed E-state index contributed by atoms with van der Waals surface area (Å²) < 4.78 is 0. The van der Waals surface area contributed by atoms with Crippen LogP contribution in [-0.2, 0) is 13.1 Å². The third kappa shape index (κ3) is 6.14. The number of hydrogen-bond donors (Lipinski definition) is 2. The third-order valence-corrected chi connectivity index (χ3v) is 6.21. The SMILES string of the molecule is CCNC(=NCc1ccnc(N2CCN(CC)CC2)c1)NCc1sc(C)nc1C. The molecule has 0 radical (unpaired) electrons. The van der Waals surface area contributed by atoms with Gasteiger partial charge in [-0.1, -0.05) is 6.92 Å². The molecule has 2 aromatic heterocycles. The number of hydrogen-bond acceptors (Lipinski definition) is 6. The van der Waals surface area contributed by atoms with Gasteiger partial charge in [0.05, 0.1) is 23.8 Å². The smallest absolute Gasteiger partial charge is 0.191 e. The fourth-order valence-corrected chi connectivity index (χ4v) is 4.32. The Hall–Kier alpha value is -2.19. The van der Waals surface area contributed by atoms with Gasteiger partial charge in [-0.3, -0.25) is 0 Å². The average molecular weight is 416 g/mol. The Morgan fingerprint density at radius 2 is 1.97 bits per heavy atom. The monoisotopic (exact) mass is 415 g/mol. The summed E-state index contributed by atoms with van der Waals surface area (Å²) in [5.74, 6) is 1.88. The third-order valence-electron chi connectivity index (χ3n) is 5.13. The maximum absolute atomic E-state index is 4.77. The standard InChI is InChI=1S/C21H33N7S/c1-5-22-21(25-15-19-16(3)26-17(4)29-19)24-14-18-7-8-23-20(13-18)28-11-9-27(6-2)10-12-28/h7-8,13H,5-6,9-12,14-15H2,1-4H3,(H2,22,24,25). The van der Waals surface area contributed by atoms with E-state index in [1.54, 1.807) is 11.3 Å². The summed E-state index contributed by atoms with van der Waals surface area (Å²) in [5, 5.41) is 7.86. The van der Waals surface area contributed by atoms with Gasteiger partial charge in [-0.2, -0.15) is 0 Å². The van der Waals surface area contributed by atoms with Crippen LogP contribution < -0.4 is 15.5 Å². The molecule has 2 aromatic rings. The fraction of sp³-hybridized carbons (Fsp3) is 0.571. The van der Waals surface area contributed by atoms with E-state index in [2.05, 4.69) is 63.3 Å². The molecule has 7 nitrogen and oxygen atoms in total. The lowest BCUT2D eigenvalue weighted by molar-refractivity contribution is 0.270. The van der Waals surface area contributed by atoms with Crippen LogP contribution in [0.4, 0.5) is 5.82 Å². The number of aromatic nitrogens is 2. The highest BCUT2D eigenvalue weighted by Gasteiger charge is 2.16. The van der Waals surface area contributed by atoms with Gasteiger partial charge in [0, 0.05) is 43.8 Å². The predicted octanol–water partition coefficient (Wildman–Crippen LogP) is 2.55.